The van der Waals surface area contributed by atoms with Crippen LogP contribution in [0.1, 0.15) is 29.8 Å². The van der Waals surface area contributed by atoms with E-state index in [2.05, 4.69) is 33.5 Å². The summed E-state index contributed by atoms with van der Waals surface area (Å²) in [6, 6.07) is 16.1. The molecule has 1 aliphatic heterocycles. The number of carbonyl (C=O) groups excluding carboxylic acids is 1. The Morgan fingerprint density at radius 1 is 1.12 bits per heavy atom. The molecule has 0 spiro atoms. The maximum atomic E-state index is 13.3. The third-order valence-electron chi connectivity index (χ3n) is 6.98. The molecular weight excluding hydrogens is 540 g/mol. The predicted molar refractivity (Wildman–Crippen MR) is 159 cm³/mol. The van der Waals surface area contributed by atoms with Gasteiger partial charge in [0.1, 0.15) is 12.4 Å². The van der Waals surface area contributed by atoms with E-state index < -0.39 is 5.97 Å². The van der Waals surface area contributed by atoms with Crippen LogP contribution in [0.5, 0.6) is 11.5 Å². The number of benzene rings is 2. The van der Waals surface area contributed by atoms with Gasteiger partial charge in [-0.25, -0.2) is 19.6 Å². The number of thiazole rings is 1. The van der Waals surface area contributed by atoms with Crippen molar-refractivity contribution in [2.75, 3.05) is 30.0 Å². The van der Waals surface area contributed by atoms with Crippen LogP contribution in [0.25, 0.3) is 21.5 Å². The first-order valence-corrected chi connectivity index (χ1v) is 14.3. The van der Waals surface area contributed by atoms with Gasteiger partial charge in [0.25, 0.3) is 0 Å². The van der Waals surface area contributed by atoms with Gasteiger partial charge in [-0.15, -0.1) is 0 Å². The Balaban J connectivity index is 1.18. The van der Waals surface area contributed by atoms with E-state index in [1.54, 1.807) is 35.2 Å². The molecule has 2 aromatic heterocycles. The minimum Gasteiger partial charge on any atom is -0.491 e. The Labute approximate surface area is 240 Å². The van der Waals surface area contributed by atoms with Gasteiger partial charge in [0.05, 0.1) is 34.7 Å². The molecule has 6 rings (SSSR count). The number of pyridine rings is 1. The summed E-state index contributed by atoms with van der Waals surface area (Å²) in [4.78, 5) is 35.8. The third kappa shape index (κ3) is 5.92. The van der Waals surface area contributed by atoms with Crippen LogP contribution in [0, 0.1) is 5.92 Å². The molecule has 0 saturated heterocycles. The number of urea groups is 1. The van der Waals surface area contributed by atoms with Gasteiger partial charge in [0.15, 0.2) is 16.6 Å². The number of amides is 2. The summed E-state index contributed by atoms with van der Waals surface area (Å²) < 4.78 is 12.6. The highest BCUT2D eigenvalue weighted by molar-refractivity contribution is 7.22. The Morgan fingerprint density at radius 3 is 2.85 bits per heavy atom. The zero-order valence-electron chi connectivity index (χ0n) is 22.2. The van der Waals surface area contributed by atoms with Gasteiger partial charge in [0, 0.05) is 5.56 Å². The van der Waals surface area contributed by atoms with E-state index >= 15 is 0 Å². The molecule has 0 fully saturated rings. The Kier molecular flexibility index (Phi) is 7.64. The fourth-order valence-corrected chi connectivity index (χ4v) is 5.78. The van der Waals surface area contributed by atoms with E-state index in [-0.39, 0.29) is 17.5 Å². The third-order valence-corrected chi connectivity index (χ3v) is 7.93. The molecule has 2 amide bonds. The van der Waals surface area contributed by atoms with Gasteiger partial charge in [0.2, 0.25) is 0 Å². The zero-order chi connectivity index (χ0) is 28.2. The monoisotopic (exact) mass is 568 g/mol. The number of rotatable bonds is 8. The van der Waals surface area contributed by atoms with Crippen LogP contribution in [0.2, 0.25) is 0 Å². The maximum absolute atomic E-state index is 13.3. The predicted octanol–water partition coefficient (Wildman–Crippen LogP) is 6.78. The number of anilines is 2. The van der Waals surface area contributed by atoms with Crippen LogP contribution in [-0.4, -0.2) is 46.8 Å². The molecule has 0 radical (unpaired) electrons. The van der Waals surface area contributed by atoms with Crippen molar-refractivity contribution in [3.63, 3.8) is 0 Å². The molecule has 208 valence electrons. The highest BCUT2D eigenvalue weighted by atomic mass is 32.1. The lowest BCUT2D eigenvalue weighted by atomic mass is 9.96. The number of aromatic carboxylic acids is 1. The Morgan fingerprint density at radius 2 is 2.02 bits per heavy atom. The number of aromatic nitrogens is 2. The normalized spacial score (nSPS) is 15.8. The van der Waals surface area contributed by atoms with Crippen LogP contribution >= 0.6 is 11.3 Å². The van der Waals surface area contributed by atoms with Crippen LogP contribution in [0.15, 0.2) is 78.9 Å². The second-order valence-corrected chi connectivity index (χ2v) is 10.8. The van der Waals surface area contributed by atoms with Crippen molar-refractivity contribution >= 4 is 44.4 Å². The molecule has 41 heavy (non-hydrogen) atoms. The van der Waals surface area contributed by atoms with Crippen molar-refractivity contribution in [2.45, 2.75) is 19.3 Å². The number of carboxylic acids is 1. The molecule has 10 heteroatoms. The summed E-state index contributed by atoms with van der Waals surface area (Å²) in [6.45, 7) is 1.10. The lowest BCUT2D eigenvalue weighted by Crippen LogP contribution is -2.40. The number of ether oxygens (including phenoxy) is 2. The second kappa shape index (κ2) is 11.8. The lowest BCUT2D eigenvalue weighted by Gasteiger charge is -2.29. The largest absolute Gasteiger partial charge is 0.491 e. The molecule has 2 aliphatic rings. The minimum atomic E-state index is -1.17. The van der Waals surface area contributed by atoms with E-state index in [4.69, 9.17) is 9.47 Å². The topological polar surface area (TPSA) is 114 Å². The number of carbonyl (C=O) groups is 2. The number of fused-ring (bicyclic) bond motifs is 2. The standard InChI is InChI=1S/C31H28N4O5S/c36-29(37)28-26(39-17-6-9-20-7-2-1-3-8-20)15-13-22(32-28)21-12-14-25-24(19-21)35(16-18-40-25)31(38)34-30-33-23-10-4-5-11-27(23)41-30/h1-5,7,10-15,19-20H,6,8-9,16-18H2,(H,36,37)(H,33,34,38). The summed E-state index contributed by atoms with van der Waals surface area (Å²) in [7, 11) is 0. The van der Waals surface area contributed by atoms with Gasteiger partial charge in [-0.05, 0) is 67.6 Å². The van der Waals surface area contributed by atoms with Crippen LogP contribution in [0.4, 0.5) is 15.6 Å². The van der Waals surface area contributed by atoms with Gasteiger partial charge in [-0.2, -0.15) is 0 Å². The Bertz CT molecular complexity index is 1630. The number of para-hydroxylation sites is 1. The van der Waals surface area contributed by atoms with Crippen LogP contribution in [-0.2, 0) is 0 Å². The van der Waals surface area contributed by atoms with E-state index in [1.807, 2.05) is 30.3 Å². The molecule has 9 nitrogen and oxygen atoms in total. The quantitative estimate of drug-likeness (QED) is 0.225. The Hall–Kier alpha value is -4.70. The number of hydrogen-bond acceptors (Lipinski definition) is 7. The number of hydrogen-bond donors (Lipinski definition) is 2. The molecule has 1 aliphatic carbocycles. The molecule has 1 atom stereocenters. The van der Waals surface area contributed by atoms with Crippen LogP contribution < -0.4 is 19.7 Å². The van der Waals surface area contributed by atoms with E-state index in [1.165, 1.54) is 11.3 Å². The lowest BCUT2D eigenvalue weighted by molar-refractivity contribution is 0.0685. The SMILES string of the molecule is O=C(O)c1nc(-c2ccc3c(c2)N(C(=O)Nc2nc4ccccc4s2)CCO3)ccc1OCCCC1C=CC=CC1. The van der Waals surface area contributed by atoms with E-state index in [9.17, 15) is 14.7 Å². The first-order valence-electron chi connectivity index (χ1n) is 13.5. The summed E-state index contributed by atoms with van der Waals surface area (Å²) >= 11 is 1.41. The number of nitrogens with one attached hydrogen (secondary N) is 1. The van der Waals surface area contributed by atoms with Crippen molar-refractivity contribution in [3.05, 3.63) is 84.6 Å². The van der Waals surface area contributed by atoms with Crippen molar-refractivity contribution in [1.29, 1.82) is 0 Å². The fourth-order valence-electron chi connectivity index (χ4n) is 4.92. The molecule has 2 aromatic carbocycles. The highest BCUT2D eigenvalue weighted by Crippen LogP contribution is 2.37. The summed E-state index contributed by atoms with van der Waals surface area (Å²) in [5.41, 5.74) is 2.34. The number of nitrogens with zero attached hydrogens (tertiary/aromatic N) is 3. The maximum Gasteiger partial charge on any atom is 0.358 e. The van der Waals surface area contributed by atoms with Crippen molar-refractivity contribution in [1.82, 2.24) is 9.97 Å². The smallest absolute Gasteiger partial charge is 0.358 e. The molecule has 2 N–H and O–H groups in total. The van der Waals surface area contributed by atoms with E-state index in [0.717, 1.165) is 29.5 Å². The zero-order valence-corrected chi connectivity index (χ0v) is 23.0. The number of carboxylic acid groups (broad SMARTS) is 1. The average molecular weight is 569 g/mol. The molecule has 1 unspecified atom stereocenters. The molecule has 0 saturated carbocycles. The molecule has 0 bridgehead atoms. The summed E-state index contributed by atoms with van der Waals surface area (Å²) in [6.07, 6.45) is 11.2. The average Bonchev–Trinajstić information content (AvgIpc) is 3.41. The van der Waals surface area contributed by atoms with Crippen molar-refractivity contribution < 1.29 is 24.2 Å². The molecule has 3 heterocycles. The fraction of sp³-hybridized carbons (Fsp3) is 0.226. The first-order chi connectivity index (χ1) is 20.0. The van der Waals surface area contributed by atoms with Gasteiger partial charge < -0.3 is 14.6 Å². The summed E-state index contributed by atoms with van der Waals surface area (Å²) in [5, 5.41) is 13.3. The minimum absolute atomic E-state index is 0.151. The summed E-state index contributed by atoms with van der Waals surface area (Å²) in [5.74, 6) is 0.110. The molecular formula is C31H28N4O5S. The number of allylic oxidation sites excluding steroid dienone is 4. The van der Waals surface area contributed by atoms with Crippen LogP contribution in [0.3, 0.4) is 0 Å². The van der Waals surface area contributed by atoms with Crippen molar-refractivity contribution in [3.8, 4) is 22.8 Å². The highest BCUT2D eigenvalue weighted by Gasteiger charge is 2.26. The second-order valence-electron chi connectivity index (χ2n) is 9.75. The van der Waals surface area contributed by atoms with Gasteiger partial charge in [-0.1, -0.05) is 47.8 Å². The van der Waals surface area contributed by atoms with Gasteiger partial charge in [-0.3, -0.25) is 10.2 Å². The molecule has 4 aromatic rings. The first kappa shape index (κ1) is 26.5. The van der Waals surface area contributed by atoms with Crippen molar-refractivity contribution in [2.24, 2.45) is 5.92 Å². The van der Waals surface area contributed by atoms with Gasteiger partial charge >= 0.3 is 12.0 Å². The van der Waals surface area contributed by atoms with E-state index in [0.29, 0.717) is 53.5 Å².